The van der Waals surface area contributed by atoms with Crippen LogP contribution in [0.2, 0.25) is 0 Å². The Morgan fingerprint density at radius 2 is 2.21 bits per heavy atom. The van der Waals surface area contributed by atoms with Crippen molar-refractivity contribution in [2.75, 3.05) is 13.2 Å². The standard InChI is InChI=1S/C12H18O2/c1-3-4-5-6-11(2)7-8-12-13-9-10-14-12/h1,6,12H,4-5,7-10H2,2H3/b11-6-. The van der Waals surface area contributed by atoms with Crippen LogP contribution >= 0.6 is 0 Å². The van der Waals surface area contributed by atoms with Gasteiger partial charge in [-0.3, -0.25) is 0 Å². The molecular weight excluding hydrogens is 176 g/mol. The third-order valence-corrected chi connectivity index (χ3v) is 2.25. The molecule has 0 aromatic heterocycles. The zero-order valence-electron chi connectivity index (χ0n) is 8.79. The summed E-state index contributed by atoms with van der Waals surface area (Å²) in [6, 6.07) is 0. The highest BCUT2D eigenvalue weighted by Crippen LogP contribution is 2.14. The van der Waals surface area contributed by atoms with Crippen molar-refractivity contribution in [3.63, 3.8) is 0 Å². The maximum absolute atomic E-state index is 5.35. The molecule has 1 saturated heterocycles. The summed E-state index contributed by atoms with van der Waals surface area (Å²) in [5, 5.41) is 0. The minimum atomic E-state index is 0.0194. The van der Waals surface area contributed by atoms with Gasteiger partial charge in [0.15, 0.2) is 6.29 Å². The molecule has 1 fully saturated rings. The second-order valence-corrected chi connectivity index (χ2v) is 3.50. The van der Waals surface area contributed by atoms with Gasteiger partial charge in [0, 0.05) is 12.8 Å². The lowest BCUT2D eigenvalue weighted by molar-refractivity contribution is -0.0461. The van der Waals surface area contributed by atoms with Crippen LogP contribution in [0.4, 0.5) is 0 Å². The minimum Gasteiger partial charge on any atom is -0.350 e. The van der Waals surface area contributed by atoms with E-state index in [-0.39, 0.29) is 6.29 Å². The normalized spacial score (nSPS) is 18.4. The molecule has 0 spiro atoms. The van der Waals surface area contributed by atoms with Crippen molar-refractivity contribution < 1.29 is 9.47 Å². The molecule has 0 aromatic carbocycles. The highest BCUT2D eigenvalue weighted by atomic mass is 16.7. The van der Waals surface area contributed by atoms with Crippen LogP contribution in [0.15, 0.2) is 11.6 Å². The van der Waals surface area contributed by atoms with Crippen LogP contribution in [0.5, 0.6) is 0 Å². The zero-order chi connectivity index (χ0) is 10.2. The maximum Gasteiger partial charge on any atom is 0.158 e. The summed E-state index contributed by atoms with van der Waals surface area (Å²) in [7, 11) is 0. The average Bonchev–Trinajstić information content (AvgIpc) is 2.68. The Bertz CT molecular complexity index is 219. The van der Waals surface area contributed by atoms with Crippen LogP contribution in [-0.2, 0) is 9.47 Å². The van der Waals surface area contributed by atoms with Gasteiger partial charge in [-0.15, -0.1) is 12.3 Å². The number of hydrogen-bond donors (Lipinski definition) is 0. The second-order valence-electron chi connectivity index (χ2n) is 3.50. The fraction of sp³-hybridized carbons (Fsp3) is 0.667. The fourth-order valence-corrected chi connectivity index (χ4v) is 1.42. The van der Waals surface area contributed by atoms with E-state index in [0.717, 1.165) is 38.9 Å². The largest absolute Gasteiger partial charge is 0.350 e. The summed E-state index contributed by atoms with van der Waals surface area (Å²) in [4.78, 5) is 0. The molecule has 0 N–H and O–H groups in total. The molecule has 2 heteroatoms. The SMILES string of the molecule is C#CCC/C=C(/C)CCC1OCCO1. The summed E-state index contributed by atoms with van der Waals surface area (Å²) < 4.78 is 10.7. The van der Waals surface area contributed by atoms with Gasteiger partial charge in [-0.05, 0) is 19.8 Å². The first-order chi connectivity index (χ1) is 6.83. The summed E-state index contributed by atoms with van der Waals surface area (Å²) in [5.74, 6) is 2.63. The first-order valence-corrected chi connectivity index (χ1v) is 5.15. The molecule has 1 aliphatic heterocycles. The van der Waals surface area contributed by atoms with E-state index in [1.54, 1.807) is 0 Å². The molecular formula is C12H18O2. The summed E-state index contributed by atoms with van der Waals surface area (Å²) in [5.41, 5.74) is 1.37. The molecule has 0 radical (unpaired) electrons. The lowest BCUT2D eigenvalue weighted by Crippen LogP contribution is -2.06. The van der Waals surface area contributed by atoms with Crippen molar-refractivity contribution in [3.8, 4) is 12.3 Å². The van der Waals surface area contributed by atoms with Crippen molar-refractivity contribution in [1.82, 2.24) is 0 Å². The van der Waals surface area contributed by atoms with Gasteiger partial charge in [-0.25, -0.2) is 0 Å². The fourth-order valence-electron chi connectivity index (χ4n) is 1.42. The maximum atomic E-state index is 5.35. The summed E-state index contributed by atoms with van der Waals surface area (Å²) >= 11 is 0. The Kier molecular flexibility index (Phi) is 5.36. The van der Waals surface area contributed by atoms with Crippen LogP contribution in [0.3, 0.4) is 0 Å². The van der Waals surface area contributed by atoms with Gasteiger partial charge in [0.1, 0.15) is 0 Å². The van der Waals surface area contributed by atoms with Crippen molar-refractivity contribution in [2.45, 2.75) is 38.9 Å². The van der Waals surface area contributed by atoms with Gasteiger partial charge in [0.2, 0.25) is 0 Å². The van der Waals surface area contributed by atoms with E-state index >= 15 is 0 Å². The molecule has 0 aliphatic carbocycles. The number of ether oxygens (including phenoxy) is 2. The van der Waals surface area contributed by atoms with Crippen LogP contribution in [-0.4, -0.2) is 19.5 Å². The Balaban J connectivity index is 2.10. The van der Waals surface area contributed by atoms with E-state index < -0.39 is 0 Å². The lowest BCUT2D eigenvalue weighted by atomic mass is 10.1. The molecule has 0 atom stereocenters. The van der Waals surface area contributed by atoms with E-state index in [0.29, 0.717) is 0 Å². The minimum absolute atomic E-state index is 0.0194. The molecule has 1 rings (SSSR count). The van der Waals surface area contributed by atoms with E-state index in [2.05, 4.69) is 18.9 Å². The van der Waals surface area contributed by atoms with Gasteiger partial charge in [-0.2, -0.15) is 0 Å². The molecule has 0 bridgehead atoms. The van der Waals surface area contributed by atoms with Gasteiger partial charge < -0.3 is 9.47 Å². The molecule has 2 nitrogen and oxygen atoms in total. The van der Waals surface area contributed by atoms with Crippen molar-refractivity contribution in [1.29, 1.82) is 0 Å². The first kappa shape index (κ1) is 11.3. The monoisotopic (exact) mass is 194 g/mol. The molecule has 0 unspecified atom stereocenters. The molecule has 1 heterocycles. The highest BCUT2D eigenvalue weighted by molar-refractivity contribution is 5.00. The van der Waals surface area contributed by atoms with E-state index in [1.807, 2.05) is 0 Å². The molecule has 1 aliphatic rings. The summed E-state index contributed by atoms with van der Waals surface area (Å²) in [6.07, 6.45) is 11.2. The van der Waals surface area contributed by atoms with E-state index in [1.165, 1.54) is 5.57 Å². The lowest BCUT2D eigenvalue weighted by Gasteiger charge is -2.08. The first-order valence-electron chi connectivity index (χ1n) is 5.15. The predicted molar refractivity (Wildman–Crippen MR) is 56.8 cm³/mol. The third-order valence-electron chi connectivity index (χ3n) is 2.25. The molecule has 78 valence electrons. The van der Waals surface area contributed by atoms with E-state index in [4.69, 9.17) is 15.9 Å². The topological polar surface area (TPSA) is 18.5 Å². The van der Waals surface area contributed by atoms with Gasteiger partial charge in [0.05, 0.1) is 13.2 Å². The zero-order valence-corrected chi connectivity index (χ0v) is 8.79. The third kappa shape index (κ3) is 4.45. The number of rotatable bonds is 5. The summed E-state index contributed by atoms with van der Waals surface area (Å²) in [6.45, 7) is 3.61. The predicted octanol–water partition coefficient (Wildman–Crippen LogP) is 2.50. The molecule has 0 amide bonds. The number of terminal acetylenes is 1. The number of hydrogen-bond acceptors (Lipinski definition) is 2. The Morgan fingerprint density at radius 1 is 1.50 bits per heavy atom. The van der Waals surface area contributed by atoms with Gasteiger partial charge >= 0.3 is 0 Å². The van der Waals surface area contributed by atoms with Crippen LogP contribution < -0.4 is 0 Å². The quantitative estimate of drug-likeness (QED) is 0.380. The van der Waals surface area contributed by atoms with Crippen molar-refractivity contribution in [2.24, 2.45) is 0 Å². The van der Waals surface area contributed by atoms with E-state index in [9.17, 15) is 0 Å². The van der Waals surface area contributed by atoms with Gasteiger partial charge in [-0.1, -0.05) is 11.6 Å². The average molecular weight is 194 g/mol. The number of allylic oxidation sites excluding steroid dienone is 2. The molecule has 0 saturated carbocycles. The van der Waals surface area contributed by atoms with Gasteiger partial charge in [0.25, 0.3) is 0 Å². The van der Waals surface area contributed by atoms with Crippen LogP contribution in [0, 0.1) is 12.3 Å². The van der Waals surface area contributed by atoms with Crippen molar-refractivity contribution >= 4 is 0 Å². The Morgan fingerprint density at radius 3 is 2.86 bits per heavy atom. The Labute approximate surface area is 86.3 Å². The van der Waals surface area contributed by atoms with Crippen LogP contribution in [0.1, 0.15) is 32.6 Å². The van der Waals surface area contributed by atoms with Crippen LogP contribution in [0.25, 0.3) is 0 Å². The molecule has 14 heavy (non-hydrogen) atoms. The second kappa shape index (κ2) is 6.64. The highest BCUT2D eigenvalue weighted by Gasteiger charge is 2.14. The Hall–Kier alpha value is -0.780. The smallest absolute Gasteiger partial charge is 0.158 e. The van der Waals surface area contributed by atoms with Crippen molar-refractivity contribution in [3.05, 3.63) is 11.6 Å². The molecule has 0 aromatic rings. The number of unbranched alkanes of at least 4 members (excludes halogenated alkanes) is 1.